The summed E-state index contributed by atoms with van der Waals surface area (Å²) in [6.07, 6.45) is 7.51. The van der Waals surface area contributed by atoms with Gasteiger partial charge in [0.05, 0.1) is 0 Å². The number of hydrogen-bond acceptors (Lipinski definition) is 1. The fourth-order valence-corrected chi connectivity index (χ4v) is 3.74. The van der Waals surface area contributed by atoms with Crippen molar-refractivity contribution in [1.82, 2.24) is 5.32 Å². The van der Waals surface area contributed by atoms with Gasteiger partial charge in [-0.2, -0.15) is 0 Å². The number of alkyl halides is 1. The van der Waals surface area contributed by atoms with E-state index in [4.69, 9.17) is 11.6 Å². The number of benzene rings is 1. The number of nitrogens with one attached hydrogen (secondary N) is 1. The van der Waals surface area contributed by atoms with Crippen LogP contribution in [-0.2, 0) is 11.2 Å². The van der Waals surface area contributed by atoms with E-state index in [1.807, 2.05) is 36.4 Å². The van der Waals surface area contributed by atoms with Crippen molar-refractivity contribution in [3.63, 3.8) is 0 Å². The highest BCUT2D eigenvalue weighted by molar-refractivity contribution is 9.10. The highest BCUT2D eigenvalue weighted by atomic mass is 79.9. The number of allylic oxidation sites excluding steroid dienone is 4. The van der Waals surface area contributed by atoms with Crippen LogP contribution in [-0.4, -0.2) is 10.2 Å². The second-order valence-electron chi connectivity index (χ2n) is 4.92. The Morgan fingerprint density at radius 3 is 3.00 bits per heavy atom. The first-order valence-electron chi connectivity index (χ1n) is 6.22. The number of amides is 1. The first kappa shape index (κ1) is 12.9. The Hall–Kier alpha value is -1.06. The Labute approximate surface area is 125 Å². The van der Waals surface area contributed by atoms with Crippen molar-refractivity contribution in [2.75, 3.05) is 0 Å². The lowest BCUT2D eigenvalue weighted by molar-refractivity contribution is -0.121. The van der Waals surface area contributed by atoms with E-state index < -0.39 is 4.32 Å². The van der Waals surface area contributed by atoms with E-state index in [-0.39, 0.29) is 11.8 Å². The van der Waals surface area contributed by atoms with Crippen molar-refractivity contribution in [2.24, 2.45) is 5.92 Å². The third kappa shape index (κ3) is 2.15. The average molecular weight is 339 g/mol. The molecule has 1 aliphatic heterocycles. The second-order valence-corrected chi connectivity index (χ2v) is 6.75. The average Bonchev–Trinajstić information content (AvgIpc) is 2.65. The fourth-order valence-electron chi connectivity index (χ4n) is 2.71. The van der Waals surface area contributed by atoms with Gasteiger partial charge in [0.2, 0.25) is 5.91 Å². The van der Waals surface area contributed by atoms with Crippen molar-refractivity contribution in [3.05, 3.63) is 58.8 Å². The number of fused-ring (bicyclic) bond motifs is 1. The number of rotatable bonds is 2. The molecule has 98 valence electrons. The number of hydrogen-bond donors (Lipinski definition) is 1. The van der Waals surface area contributed by atoms with Crippen molar-refractivity contribution in [1.29, 1.82) is 0 Å². The number of carbonyl (C=O) groups excluding carboxylic acids is 1. The molecular formula is C15H13BrClNO. The van der Waals surface area contributed by atoms with Crippen molar-refractivity contribution >= 4 is 33.4 Å². The number of carbonyl (C=O) groups is 1. The molecule has 2 atom stereocenters. The summed E-state index contributed by atoms with van der Waals surface area (Å²) in [7, 11) is 0. The molecule has 1 amide bonds. The van der Waals surface area contributed by atoms with Gasteiger partial charge >= 0.3 is 0 Å². The summed E-state index contributed by atoms with van der Waals surface area (Å²) in [4.78, 5) is 12.3. The maximum Gasteiger partial charge on any atom is 0.242 e. The van der Waals surface area contributed by atoms with Crippen LogP contribution in [0, 0.1) is 5.92 Å². The molecule has 1 aromatic carbocycles. The molecule has 0 saturated carbocycles. The first-order valence-corrected chi connectivity index (χ1v) is 7.39. The summed E-state index contributed by atoms with van der Waals surface area (Å²) in [6.45, 7) is 0. The van der Waals surface area contributed by atoms with Gasteiger partial charge < -0.3 is 5.32 Å². The molecule has 1 N–H and O–H groups in total. The molecule has 0 radical (unpaired) electrons. The van der Waals surface area contributed by atoms with Gasteiger partial charge in [0.15, 0.2) is 0 Å². The molecule has 4 heteroatoms. The molecule has 3 rings (SSSR count). The lowest BCUT2D eigenvalue weighted by Crippen LogP contribution is -2.38. The minimum atomic E-state index is -0.603. The Kier molecular flexibility index (Phi) is 3.27. The maximum atomic E-state index is 12.3. The van der Waals surface area contributed by atoms with Crippen LogP contribution in [0.3, 0.4) is 0 Å². The fraction of sp³-hybridized carbons (Fsp3) is 0.267. The third-order valence-corrected chi connectivity index (χ3v) is 5.31. The Bertz CT molecular complexity index is 596. The molecule has 1 saturated heterocycles. The molecule has 2 unspecified atom stereocenters. The minimum absolute atomic E-state index is 0.0207. The SMILES string of the molecule is O=C1NC2=CC=CCC2C1(Br)Cc1ccccc1Cl. The van der Waals surface area contributed by atoms with E-state index in [9.17, 15) is 4.79 Å². The van der Waals surface area contributed by atoms with Crippen LogP contribution < -0.4 is 5.32 Å². The van der Waals surface area contributed by atoms with Gasteiger partial charge in [-0.1, -0.05) is 57.9 Å². The minimum Gasteiger partial charge on any atom is -0.328 e. The van der Waals surface area contributed by atoms with Gasteiger partial charge in [-0.3, -0.25) is 4.79 Å². The van der Waals surface area contributed by atoms with Gasteiger partial charge in [-0.15, -0.1) is 0 Å². The molecule has 1 aliphatic carbocycles. The van der Waals surface area contributed by atoms with Crippen LogP contribution in [0.5, 0.6) is 0 Å². The quantitative estimate of drug-likeness (QED) is 0.820. The molecule has 0 aromatic heterocycles. The van der Waals surface area contributed by atoms with Gasteiger partial charge in [-0.05, 0) is 30.5 Å². The monoisotopic (exact) mass is 337 g/mol. The Morgan fingerprint density at radius 1 is 1.42 bits per heavy atom. The molecule has 1 heterocycles. The van der Waals surface area contributed by atoms with Crippen molar-refractivity contribution < 1.29 is 4.79 Å². The van der Waals surface area contributed by atoms with Crippen LogP contribution in [0.1, 0.15) is 12.0 Å². The van der Waals surface area contributed by atoms with Crippen LogP contribution in [0.15, 0.2) is 48.2 Å². The Morgan fingerprint density at radius 2 is 2.21 bits per heavy atom. The zero-order chi connectivity index (χ0) is 13.5. The van der Waals surface area contributed by atoms with Crippen molar-refractivity contribution in [2.45, 2.75) is 17.2 Å². The van der Waals surface area contributed by atoms with E-state index >= 15 is 0 Å². The summed E-state index contributed by atoms with van der Waals surface area (Å²) in [5, 5.41) is 3.67. The van der Waals surface area contributed by atoms with Gasteiger partial charge in [-0.25, -0.2) is 0 Å². The molecule has 1 aromatic rings. The summed E-state index contributed by atoms with van der Waals surface area (Å²) in [5.41, 5.74) is 1.99. The molecule has 0 bridgehead atoms. The zero-order valence-corrected chi connectivity index (χ0v) is 12.5. The van der Waals surface area contributed by atoms with Crippen LogP contribution in [0.25, 0.3) is 0 Å². The molecule has 1 fully saturated rings. The van der Waals surface area contributed by atoms with E-state index in [1.54, 1.807) is 0 Å². The zero-order valence-electron chi connectivity index (χ0n) is 10.2. The summed E-state index contributed by atoms with van der Waals surface area (Å²) in [5.74, 6) is 0.175. The second kappa shape index (κ2) is 4.80. The topological polar surface area (TPSA) is 29.1 Å². The lowest BCUT2D eigenvalue weighted by atomic mass is 9.83. The van der Waals surface area contributed by atoms with E-state index in [0.717, 1.165) is 17.7 Å². The Balaban J connectivity index is 1.95. The summed E-state index contributed by atoms with van der Waals surface area (Å²) >= 11 is 9.88. The predicted molar refractivity (Wildman–Crippen MR) is 80.3 cm³/mol. The highest BCUT2D eigenvalue weighted by Gasteiger charge is 2.51. The van der Waals surface area contributed by atoms with Gasteiger partial charge in [0, 0.05) is 16.6 Å². The lowest BCUT2D eigenvalue weighted by Gasteiger charge is -2.27. The molecule has 2 nitrogen and oxygen atoms in total. The first-order chi connectivity index (χ1) is 9.11. The van der Waals surface area contributed by atoms with Crippen LogP contribution in [0.4, 0.5) is 0 Å². The normalized spacial score (nSPS) is 28.8. The van der Waals surface area contributed by atoms with Gasteiger partial charge in [0.1, 0.15) is 4.32 Å². The molecule has 19 heavy (non-hydrogen) atoms. The summed E-state index contributed by atoms with van der Waals surface area (Å²) < 4.78 is -0.603. The summed E-state index contributed by atoms with van der Waals surface area (Å²) in [6, 6.07) is 7.68. The number of halogens is 2. The van der Waals surface area contributed by atoms with Crippen LogP contribution >= 0.6 is 27.5 Å². The largest absolute Gasteiger partial charge is 0.328 e. The van der Waals surface area contributed by atoms with Gasteiger partial charge in [0.25, 0.3) is 0 Å². The van der Waals surface area contributed by atoms with E-state index in [1.165, 1.54) is 0 Å². The predicted octanol–water partition coefficient (Wildman–Crippen LogP) is 3.61. The molecule has 2 aliphatic rings. The van der Waals surface area contributed by atoms with Crippen molar-refractivity contribution in [3.8, 4) is 0 Å². The standard InChI is InChI=1S/C15H13BrClNO/c16-15(9-10-5-1-3-7-12(10)17)11-6-2-4-8-13(11)18-14(15)19/h1-5,7-8,11H,6,9H2,(H,18,19). The third-order valence-electron chi connectivity index (χ3n) is 3.75. The highest BCUT2D eigenvalue weighted by Crippen LogP contribution is 2.44. The maximum absolute atomic E-state index is 12.3. The van der Waals surface area contributed by atoms with E-state index in [2.05, 4.69) is 27.3 Å². The smallest absolute Gasteiger partial charge is 0.242 e. The molecule has 0 spiro atoms. The van der Waals surface area contributed by atoms with E-state index in [0.29, 0.717) is 11.4 Å². The van der Waals surface area contributed by atoms with Crippen LogP contribution in [0.2, 0.25) is 5.02 Å². The molecular weight excluding hydrogens is 326 g/mol.